The van der Waals surface area contributed by atoms with E-state index in [1.54, 1.807) is 0 Å². The van der Waals surface area contributed by atoms with E-state index in [0.717, 1.165) is 36.3 Å². The third-order valence-electron chi connectivity index (χ3n) is 4.78. The van der Waals surface area contributed by atoms with Crippen LogP contribution in [0.2, 0.25) is 0 Å². The summed E-state index contributed by atoms with van der Waals surface area (Å²) >= 11 is 0. The second-order valence-corrected chi connectivity index (χ2v) is 7.06. The Labute approximate surface area is 127 Å². The number of aryl methyl sites for hydroxylation is 1. The van der Waals surface area contributed by atoms with E-state index in [9.17, 15) is 0 Å². The second kappa shape index (κ2) is 5.08. The van der Waals surface area contributed by atoms with Gasteiger partial charge in [0, 0.05) is 12.3 Å². The van der Waals surface area contributed by atoms with Gasteiger partial charge in [-0.3, -0.25) is 4.98 Å². The standard InChI is InChI=1S/C16H24BNO3/c1-11-9-12(10-13(18-11)14-7-6-8-19-14)17-20-15(2,3)16(4,5)21-17/h9-10,14H,6-8H2,1-5H3. The lowest BCUT2D eigenvalue weighted by Crippen LogP contribution is -2.41. The summed E-state index contributed by atoms with van der Waals surface area (Å²) in [6.45, 7) is 11.1. The Balaban J connectivity index is 1.89. The Hall–Kier alpha value is -0.905. The number of ether oxygens (including phenoxy) is 1. The SMILES string of the molecule is Cc1cc(B2OC(C)(C)C(C)(C)O2)cc(C2CCCO2)n1. The lowest BCUT2D eigenvalue weighted by Gasteiger charge is -2.32. The summed E-state index contributed by atoms with van der Waals surface area (Å²) in [5, 5.41) is 0. The molecule has 1 aromatic rings. The van der Waals surface area contributed by atoms with Crippen LogP contribution in [0.25, 0.3) is 0 Å². The molecule has 114 valence electrons. The van der Waals surface area contributed by atoms with Crippen LogP contribution >= 0.6 is 0 Å². The Morgan fingerprint density at radius 2 is 1.81 bits per heavy atom. The maximum absolute atomic E-state index is 6.13. The molecular formula is C16H24BNO3. The van der Waals surface area contributed by atoms with E-state index in [0.29, 0.717) is 0 Å². The third-order valence-corrected chi connectivity index (χ3v) is 4.78. The summed E-state index contributed by atoms with van der Waals surface area (Å²) in [5.41, 5.74) is 2.37. The predicted octanol–water partition coefficient (Wildman–Crippen LogP) is 2.54. The molecule has 0 radical (unpaired) electrons. The average molecular weight is 289 g/mol. The van der Waals surface area contributed by atoms with Crippen LogP contribution in [0.1, 0.15) is 58.0 Å². The zero-order valence-corrected chi connectivity index (χ0v) is 13.6. The average Bonchev–Trinajstić information content (AvgIpc) is 2.96. The zero-order valence-electron chi connectivity index (χ0n) is 13.6. The Morgan fingerprint density at radius 1 is 1.14 bits per heavy atom. The highest BCUT2D eigenvalue weighted by Gasteiger charge is 2.51. The molecule has 2 aliphatic heterocycles. The van der Waals surface area contributed by atoms with E-state index in [2.05, 4.69) is 38.7 Å². The molecule has 0 aromatic carbocycles. The molecule has 0 saturated carbocycles. The van der Waals surface area contributed by atoms with Crippen molar-refractivity contribution in [3.8, 4) is 0 Å². The molecule has 3 rings (SSSR count). The molecule has 4 nitrogen and oxygen atoms in total. The maximum atomic E-state index is 6.13. The second-order valence-electron chi connectivity index (χ2n) is 7.06. The lowest BCUT2D eigenvalue weighted by molar-refractivity contribution is 0.00578. The molecule has 2 fully saturated rings. The molecule has 1 unspecified atom stereocenters. The first kappa shape index (κ1) is 15.0. The summed E-state index contributed by atoms with van der Waals surface area (Å²) in [7, 11) is -0.336. The van der Waals surface area contributed by atoms with Crippen LogP contribution in [-0.4, -0.2) is 29.9 Å². The van der Waals surface area contributed by atoms with Gasteiger partial charge in [0.2, 0.25) is 0 Å². The molecule has 2 saturated heterocycles. The summed E-state index contributed by atoms with van der Waals surface area (Å²) < 4.78 is 18.0. The summed E-state index contributed by atoms with van der Waals surface area (Å²) in [6, 6.07) is 4.12. The van der Waals surface area contributed by atoms with Gasteiger partial charge in [0.25, 0.3) is 0 Å². The Kier molecular flexibility index (Phi) is 3.63. The van der Waals surface area contributed by atoms with Crippen LogP contribution in [0.3, 0.4) is 0 Å². The van der Waals surface area contributed by atoms with Crippen molar-refractivity contribution in [2.45, 2.75) is 64.8 Å². The highest BCUT2D eigenvalue weighted by molar-refractivity contribution is 6.62. The highest BCUT2D eigenvalue weighted by atomic mass is 16.7. The van der Waals surface area contributed by atoms with Gasteiger partial charge in [-0.2, -0.15) is 0 Å². The van der Waals surface area contributed by atoms with Gasteiger partial charge in [0.1, 0.15) is 0 Å². The number of rotatable bonds is 2. The van der Waals surface area contributed by atoms with E-state index < -0.39 is 0 Å². The summed E-state index contributed by atoms with van der Waals surface area (Å²) in [4.78, 5) is 4.62. The fourth-order valence-corrected chi connectivity index (χ4v) is 2.81. The topological polar surface area (TPSA) is 40.6 Å². The quantitative estimate of drug-likeness (QED) is 0.784. The predicted molar refractivity (Wildman–Crippen MR) is 82.6 cm³/mol. The molecule has 0 aliphatic carbocycles. The van der Waals surface area contributed by atoms with Crippen molar-refractivity contribution in [2.24, 2.45) is 0 Å². The molecule has 21 heavy (non-hydrogen) atoms. The van der Waals surface area contributed by atoms with Crippen molar-refractivity contribution < 1.29 is 14.0 Å². The normalized spacial score (nSPS) is 27.3. The number of hydrogen-bond acceptors (Lipinski definition) is 4. The molecule has 1 atom stereocenters. The van der Waals surface area contributed by atoms with Crippen LogP contribution in [0.15, 0.2) is 12.1 Å². The van der Waals surface area contributed by atoms with Crippen LogP contribution < -0.4 is 5.46 Å². The first-order valence-corrected chi connectivity index (χ1v) is 7.74. The molecule has 5 heteroatoms. The van der Waals surface area contributed by atoms with E-state index >= 15 is 0 Å². The Morgan fingerprint density at radius 3 is 2.38 bits per heavy atom. The smallest absolute Gasteiger partial charge is 0.399 e. The molecule has 0 spiro atoms. The van der Waals surface area contributed by atoms with Gasteiger partial charge in [-0.25, -0.2) is 0 Å². The van der Waals surface area contributed by atoms with Crippen molar-refractivity contribution in [1.82, 2.24) is 4.98 Å². The van der Waals surface area contributed by atoms with Crippen LogP contribution in [0, 0.1) is 6.92 Å². The molecule has 1 aromatic heterocycles. The maximum Gasteiger partial charge on any atom is 0.494 e. The zero-order chi connectivity index (χ0) is 15.3. The summed E-state index contributed by atoms with van der Waals surface area (Å²) in [5.74, 6) is 0. The van der Waals surface area contributed by atoms with E-state index in [1.807, 2.05) is 13.0 Å². The largest absolute Gasteiger partial charge is 0.494 e. The molecule has 0 amide bonds. The van der Waals surface area contributed by atoms with Gasteiger partial charge in [-0.15, -0.1) is 0 Å². The molecule has 0 bridgehead atoms. The minimum absolute atomic E-state index is 0.117. The monoisotopic (exact) mass is 289 g/mol. The minimum atomic E-state index is -0.336. The number of nitrogens with zero attached hydrogens (tertiary/aromatic N) is 1. The van der Waals surface area contributed by atoms with Crippen LogP contribution in [-0.2, 0) is 14.0 Å². The van der Waals surface area contributed by atoms with Gasteiger partial charge in [-0.1, -0.05) is 0 Å². The van der Waals surface area contributed by atoms with Crippen molar-refractivity contribution in [3.05, 3.63) is 23.5 Å². The molecule has 2 aliphatic rings. The first-order chi connectivity index (χ1) is 9.78. The lowest BCUT2D eigenvalue weighted by atomic mass is 9.78. The van der Waals surface area contributed by atoms with Gasteiger partial charge in [-0.05, 0) is 65.1 Å². The molecular weight excluding hydrogens is 265 g/mol. The van der Waals surface area contributed by atoms with Gasteiger partial charge >= 0.3 is 7.12 Å². The minimum Gasteiger partial charge on any atom is -0.399 e. The van der Waals surface area contributed by atoms with Crippen molar-refractivity contribution in [3.63, 3.8) is 0 Å². The fourth-order valence-electron chi connectivity index (χ4n) is 2.81. The number of hydrogen-bond donors (Lipinski definition) is 0. The van der Waals surface area contributed by atoms with E-state index in [-0.39, 0.29) is 24.4 Å². The van der Waals surface area contributed by atoms with Crippen molar-refractivity contribution in [1.29, 1.82) is 0 Å². The van der Waals surface area contributed by atoms with Crippen LogP contribution in [0.4, 0.5) is 0 Å². The Bertz CT molecular complexity index is 522. The molecule has 0 N–H and O–H groups in total. The van der Waals surface area contributed by atoms with Crippen LogP contribution in [0.5, 0.6) is 0 Å². The first-order valence-electron chi connectivity index (χ1n) is 7.74. The van der Waals surface area contributed by atoms with Gasteiger partial charge in [0.15, 0.2) is 0 Å². The van der Waals surface area contributed by atoms with E-state index in [4.69, 9.17) is 14.0 Å². The van der Waals surface area contributed by atoms with Gasteiger partial charge in [0.05, 0.1) is 23.0 Å². The fraction of sp³-hybridized carbons (Fsp3) is 0.688. The van der Waals surface area contributed by atoms with E-state index in [1.165, 1.54) is 0 Å². The van der Waals surface area contributed by atoms with Crippen molar-refractivity contribution >= 4 is 12.6 Å². The van der Waals surface area contributed by atoms with Gasteiger partial charge < -0.3 is 14.0 Å². The van der Waals surface area contributed by atoms with Crippen molar-refractivity contribution in [2.75, 3.05) is 6.61 Å². The highest BCUT2D eigenvalue weighted by Crippen LogP contribution is 2.36. The number of aromatic nitrogens is 1. The number of pyridine rings is 1. The summed E-state index contributed by atoms with van der Waals surface area (Å²) in [6.07, 6.45) is 2.26. The molecule has 3 heterocycles. The third kappa shape index (κ3) is 2.74.